The molecule has 1 aliphatic rings. The molecule has 0 aromatic heterocycles. The van der Waals surface area contributed by atoms with Crippen molar-refractivity contribution < 1.29 is 22.3 Å². The Kier molecular flexibility index (Phi) is 8.39. The van der Waals surface area contributed by atoms with Gasteiger partial charge >= 0.3 is 6.11 Å². The van der Waals surface area contributed by atoms with Crippen molar-refractivity contribution in [3.05, 3.63) is 65.2 Å². The summed E-state index contributed by atoms with van der Waals surface area (Å²) >= 11 is 0. The normalized spacial score (nSPS) is 19.4. The summed E-state index contributed by atoms with van der Waals surface area (Å²) < 4.78 is 59.5. The minimum absolute atomic E-state index is 0.00827. The molecule has 0 saturated heterocycles. The quantitative estimate of drug-likeness (QED) is 0.268. The first-order valence-corrected chi connectivity index (χ1v) is 11.5. The molecule has 0 aliphatic heterocycles. The van der Waals surface area contributed by atoms with Gasteiger partial charge < -0.3 is 4.74 Å². The zero-order chi connectivity index (χ0) is 22.3. The van der Waals surface area contributed by atoms with Crippen molar-refractivity contribution in [1.82, 2.24) is 0 Å². The smallest absolute Gasteiger partial charge is 0.426 e. The van der Waals surface area contributed by atoms with E-state index >= 15 is 0 Å². The lowest BCUT2D eigenvalue weighted by Gasteiger charge is -2.28. The molecule has 0 spiro atoms. The van der Waals surface area contributed by atoms with Gasteiger partial charge in [-0.05, 0) is 60.6 Å². The molecular weight excluding hydrogens is 404 g/mol. The first-order chi connectivity index (χ1) is 14.9. The summed E-state index contributed by atoms with van der Waals surface area (Å²) in [5, 5.41) is 0. The number of ether oxygens (including phenoxy) is 1. The molecule has 31 heavy (non-hydrogen) atoms. The van der Waals surface area contributed by atoms with E-state index in [0.717, 1.165) is 36.3 Å². The second kappa shape index (κ2) is 11.0. The first kappa shape index (κ1) is 23.6. The van der Waals surface area contributed by atoms with Crippen LogP contribution in [-0.2, 0) is 12.5 Å². The van der Waals surface area contributed by atoms with Gasteiger partial charge in [0, 0.05) is 0 Å². The number of aryl methyl sites for hydroxylation is 1. The predicted molar refractivity (Wildman–Crippen MR) is 115 cm³/mol. The minimum atomic E-state index is -3.74. The Balaban J connectivity index is 1.45. The van der Waals surface area contributed by atoms with Gasteiger partial charge in [0.25, 0.3) is 0 Å². The van der Waals surface area contributed by atoms with Crippen LogP contribution in [0.3, 0.4) is 0 Å². The van der Waals surface area contributed by atoms with E-state index in [2.05, 4.69) is 6.92 Å². The number of benzene rings is 2. The highest BCUT2D eigenvalue weighted by atomic mass is 19.3. The van der Waals surface area contributed by atoms with Gasteiger partial charge in [-0.25, -0.2) is 8.78 Å². The SMILES string of the molecule is CCCCCC1CCC(CCc2ccc(OC(F)(F)c3ccc(F)c(F)c3)cc2)CC1. The van der Waals surface area contributed by atoms with Gasteiger partial charge in [-0.15, -0.1) is 0 Å². The number of unbranched alkanes of at least 4 members (excludes halogenated alkanes) is 2. The van der Waals surface area contributed by atoms with Crippen molar-refractivity contribution in [2.75, 3.05) is 0 Å². The maximum absolute atomic E-state index is 14.3. The van der Waals surface area contributed by atoms with Crippen molar-refractivity contribution in [2.24, 2.45) is 11.8 Å². The molecule has 1 nitrogen and oxygen atoms in total. The molecule has 1 saturated carbocycles. The van der Waals surface area contributed by atoms with E-state index in [9.17, 15) is 17.6 Å². The molecule has 0 radical (unpaired) electrons. The molecule has 0 amide bonds. The molecule has 3 rings (SSSR count). The van der Waals surface area contributed by atoms with E-state index in [4.69, 9.17) is 4.74 Å². The molecular formula is C26H32F4O. The van der Waals surface area contributed by atoms with E-state index in [-0.39, 0.29) is 5.75 Å². The highest BCUT2D eigenvalue weighted by Crippen LogP contribution is 2.35. The molecule has 0 heterocycles. The monoisotopic (exact) mass is 436 g/mol. The molecule has 0 N–H and O–H groups in total. The summed E-state index contributed by atoms with van der Waals surface area (Å²) in [5.41, 5.74) is 0.370. The van der Waals surface area contributed by atoms with Crippen molar-refractivity contribution in [1.29, 1.82) is 0 Å². The van der Waals surface area contributed by atoms with Crippen LogP contribution in [0.4, 0.5) is 17.6 Å². The minimum Gasteiger partial charge on any atom is -0.429 e. The summed E-state index contributed by atoms with van der Waals surface area (Å²) in [5.74, 6) is -0.863. The molecule has 2 aromatic carbocycles. The van der Waals surface area contributed by atoms with Crippen LogP contribution in [0.2, 0.25) is 0 Å². The first-order valence-electron chi connectivity index (χ1n) is 11.5. The highest BCUT2D eigenvalue weighted by molar-refractivity contribution is 5.29. The predicted octanol–water partition coefficient (Wildman–Crippen LogP) is 8.41. The van der Waals surface area contributed by atoms with Gasteiger partial charge in [0.2, 0.25) is 0 Å². The molecule has 1 fully saturated rings. The maximum atomic E-state index is 14.3. The maximum Gasteiger partial charge on any atom is 0.426 e. The van der Waals surface area contributed by atoms with Crippen LogP contribution in [0.1, 0.15) is 75.8 Å². The van der Waals surface area contributed by atoms with Crippen molar-refractivity contribution in [2.45, 2.75) is 77.2 Å². The average Bonchev–Trinajstić information content (AvgIpc) is 2.76. The number of alkyl halides is 2. The van der Waals surface area contributed by atoms with E-state index in [1.165, 1.54) is 63.5 Å². The number of rotatable bonds is 10. The molecule has 0 unspecified atom stereocenters. The molecule has 0 bridgehead atoms. The van der Waals surface area contributed by atoms with E-state index in [1.807, 2.05) is 0 Å². The summed E-state index contributed by atoms with van der Waals surface area (Å²) in [6.45, 7) is 2.24. The Labute approximate surface area is 182 Å². The van der Waals surface area contributed by atoms with Crippen LogP contribution in [0, 0.1) is 23.5 Å². The van der Waals surface area contributed by atoms with Crippen molar-refractivity contribution in [3.8, 4) is 5.75 Å². The standard InChI is InChI=1S/C26H32F4O/c1-2-3-4-5-19-6-8-20(9-7-19)10-11-21-12-15-23(16-13-21)31-26(29,30)22-14-17-24(27)25(28)18-22/h12-20H,2-11H2,1H3. The molecule has 0 atom stereocenters. The van der Waals surface area contributed by atoms with Crippen molar-refractivity contribution in [3.63, 3.8) is 0 Å². The van der Waals surface area contributed by atoms with Gasteiger partial charge in [0.15, 0.2) is 11.6 Å². The van der Waals surface area contributed by atoms with Crippen LogP contribution >= 0.6 is 0 Å². The van der Waals surface area contributed by atoms with Crippen LogP contribution in [0.15, 0.2) is 42.5 Å². The second-order valence-electron chi connectivity index (χ2n) is 8.81. The number of halogens is 4. The Morgan fingerprint density at radius 2 is 1.48 bits per heavy atom. The average molecular weight is 437 g/mol. The summed E-state index contributed by atoms with van der Waals surface area (Å²) in [6, 6.07) is 8.57. The van der Waals surface area contributed by atoms with Gasteiger partial charge in [0.1, 0.15) is 5.75 Å². The van der Waals surface area contributed by atoms with Crippen LogP contribution in [-0.4, -0.2) is 0 Å². The number of hydrogen-bond acceptors (Lipinski definition) is 1. The lowest BCUT2D eigenvalue weighted by atomic mass is 9.78. The van der Waals surface area contributed by atoms with Gasteiger partial charge in [-0.3, -0.25) is 0 Å². The lowest BCUT2D eigenvalue weighted by molar-refractivity contribution is -0.185. The fourth-order valence-electron chi connectivity index (χ4n) is 4.47. The Hall–Kier alpha value is -2.04. The Morgan fingerprint density at radius 3 is 2.10 bits per heavy atom. The van der Waals surface area contributed by atoms with E-state index in [0.29, 0.717) is 12.1 Å². The fourth-order valence-corrected chi connectivity index (χ4v) is 4.47. The number of hydrogen-bond donors (Lipinski definition) is 0. The fraction of sp³-hybridized carbons (Fsp3) is 0.538. The van der Waals surface area contributed by atoms with Crippen LogP contribution in [0.25, 0.3) is 0 Å². The van der Waals surface area contributed by atoms with Crippen LogP contribution in [0.5, 0.6) is 5.75 Å². The zero-order valence-corrected chi connectivity index (χ0v) is 18.2. The van der Waals surface area contributed by atoms with Gasteiger partial charge in [-0.2, -0.15) is 8.78 Å². The van der Waals surface area contributed by atoms with E-state index in [1.54, 1.807) is 12.1 Å². The third kappa shape index (κ3) is 6.98. The third-order valence-electron chi connectivity index (χ3n) is 6.45. The molecule has 5 heteroatoms. The van der Waals surface area contributed by atoms with E-state index < -0.39 is 23.3 Å². The third-order valence-corrected chi connectivity index (χ3v) is 6.45. The van der Waals surface area contributed by atoms with Crippen molar-refractivity contribution >= 4 is 0 Å². The molecule has 1 aliphatic carbocycles. The summed E-state index contributed by atoms with van der Waals surface area (Å²) in [6.07, 6.45) is 8.89. The van der Waals surface area contributed by atoms with Gasteiger partial charge in [0.05, 0.1) is 5.56 Å². The Bertz CT molecular complexity index is 811. The Morgan fingerprint density at radius 1 is 0.839 bits per heavy atom. The zero-order valence-electron chi connectivity index (χ0n) is 18.2. The summed E-state index contributed by atoms with van der Waals surface area (Å²) in [7, 11) is 0. The van der Waals surface area contributed by atoms with Gasteiger partial charge in [-0.1, -0.05) is 70.4 Å². The molecule has 2 aromatic rings. The summed E-state index contributed by atoms with van der Waals surface area (Å²) in [4.78, 5) is 0. The largest absolute Gasteiger partial charge is 0.429 e. The highest BCUT2D eigenvalue weighted by Gasteiger charge is 2.35. The second-order valence-corrected chi connectivity index (χ2v) is 8.81. The van der Waals surface area contributed by atoms with Crippen LogP contribution < -0.4 is 4.74 Å². The molecule has 170 valence electrons. The topological polar surface area (TPSA) is 9.23 Å². The lowest BCUT2D eigenvalue weighted by Crippen LogP contribution is -2.22.